The van der Waals surface area contributed by atoms with Gasteiger partial charge < -0.3 is 15.6 Å². The molecule has 3 N–H and O–H groups in total. The van der Waals surface area contributed by atoms with Crippen LogP contribution in [0.15, 0.2) is 17.7 Å². The summed E-state index contributed by atoms with van der Waals surface area (Å²) in [6.07, 6.45) is 1.47. The molecule has 4 nitrogen and oxygen atoms in total. The van der Waals surface area contributed by atoms with Crippen LogP contribution in [0.4, 0.5) is 0 Å². The molecule has 0 fully saturated rings. The van der Waals surface area contributed by atoms with Crippen LogP contribution in [0.25, 0.3) is 6.08 Å². The van der Waals surface area contributed by atoms with Crippen molar-refractivity contribution in [3.05, 3.63) is 28.3 Å². The zero-order valence-corrected chi connectivity index (χ0v) is 10.5. The van der Waals surface area contributed by atoms with Crippen molar-refractivity contribution < 1.29 is 9.84 Å². The molecule has 1 rings (SSSR count). The lowest BCUT2D eigenvalue weighted by molar-refractivity contribution is 0.373. The normalized spacial score (nSPS) is 10.8. The highest BCUT2D eigenvalue weighted by Crippen LogP contribution is 2.35. The lowest BCUT2D eigenvalue weighted by Crippen LogP contribution is -2.09. The van der Waals surface area contributed by atoms with Crippen LogP contribution in [0, 0.1) is 11.3 Å². The second kappa shape index (κ2) is 5.53. The number of nitrogens with zero attached hydrogens (tertiary/aromatic N) is 1. The predicted octanol–water partition coefficient (Wildman–Crippen LogP) is 2.25. The fourth-order valence-electron chi connectivity index (χ4n) is 1.16. The Labute approximate surface area is 109 Å². The Hall–Kier alpha value is -1.77. The molecule has 0 unspecified atom stereocenters. The summed E-state index contributed by atoms with van der Waals surface area (Å²) in [7, 11) is 1.40. The van der Waals surface area contributed by atoms with E-state index in [9.17, 15) is 5.11 Å². The fourth-order valence-corrected chi connectivity index (χ4v) is 1.48. The van der Waals surface area contributed by atoms with Gasteiger partial charge in [-0.15, -0.1) is 0 Å². The van der Waals surface area contributed by atoms with Crippen molar-refractivity contribution in [2.75, 3.05) is 7.11 Å². The molecule has 6 heteroatoms. The molecule has 88 valence electrons. The highest BCUT2D eigenvalue weighted by atomic mass is 35.5. The smallest absolute Gasteiger partial charge is 0.176 e. The molecule has 0 aromatic heterocycles. The monoisotopic (exact) mass is 268 g/mol. The number of halogens is 1. The van der Waals surface area contributed by atoms with E-state index in [4.69, 9.17) is 39.6 Å². The van der Waals surface area contributed by atoms with Gasteiger partial charge in [0.2, 0.25) is 0 Å². The zero-order valence-electron chi connectivity index (χ0n) is 8.90. The molecule has 0 aliphatic carbocycles. The maximum absolute atomic E-state index is 9.53. The van der Waals surface area contributed by atoms with Gasteiger partial charge in [-0.25, -0.2) is 0 Å². The molecule has 0 aliphatic rings. The number of rotatable bonds is 3. The van der Waals surface area contributed by atoms with Gasteiger partial charge in [0.15, 0.2) is 11.5 Å². The quantitative estimate of drug-likeness (QED) is 0.499. The first-order valence-corrected chi connectivity index (χ1v) is 5.26. The second-order valence-electron chi connectivity index (χ2n) is 3.09. The zero-order chi connectivity index (χ0) is 13.0. The predicted molar refractivity (Wildman–Crippen MR) is 70.0 cm³/mol. The standard InChI is InChI=1S/C11H9ClN2O2S/c1-16-9-4-6(3-8(12)10(9)15)2-7(5-13)11(14)17/h2-4,15H,1H3,(H2,14,17). The van der Waals surface area contributed by atoms with Crippen LogP contribution in [0.1, 0.15) is 5.56 Å². The highest BCUT2D eigenvalue weighted by Gasteiger charge is 2.09. The summed E-state index contributed by atoms with van der Waals surface area (Å²) in [5.41, 5.74) is 6.08. The number of nitriles is 1. The molecule has 0 saturated carbocycles. The Morgan fingerprint density at radius 2 is 2.29 bits per heavy atom. The third-order valence-corrected chi connectivity index (χ3v) is 2.48. The molecular weight excluding hydrogens is 260 g/mol. The third-order valence-electron chi connectivity index (χ3n) is 1.97. The lowest BCUT2D eigenvalue weighted by Gasteiger charge is -2.06. The average Bonchev–Trinajstić information content (AvgIpc) is 2.29. The van der Waals surface area contributed by atoms with E-state index in [2.05, 4.69) is 0 Å². The van der Waals surface area contributed by atoms with Crippen LogP contribution in [-0.4, -0.2) is 17.2 Å². The first-order valence-electron chi connectivity index (χ1n) is 4.47. The maximum Gasteiger partial charge on any atom is 0.176 e. The van der Waals surface area contributed by atoms with E-state index < -0.39 is 0 Å². The van der Waals surface area contributed by atoms with Gasteiger partial charge in [-0.1, -0.05) is 23.8 Å². The molecule has 1 aromatic rings. The van der Waals surface area contributed by atoms with Gasteiger partial charge in [0, 0.05) is 0 Å². The molecule has 0 amide bonds. The summed E-state index contributed by atoms with van der Waals surface area (Å²) >= 11 is 10.5. The van der Waals surface area contributed by atoms with Crippen molar-refractivity contribution in [2.45, 2.75) is 0 Å². The topological polar surface area (TPSA) is 79.3 Å². The molecular formula is C11H9ClN2O2S. The fraction of sp³-hybridized carbons (Fsp3) is 0.0909. The molecule has 0 heterocycles. The Morgan fingerprint density at radius 1 is 1.65 bits per heavy atom. The lowest BCUT2D eigenvalue weighted by atomic mass is 10.1. The Bertz CT molecular complexity index is 535. The van der Waals surface area contributed by atoms with Crippen LogP contribution in [0.3, 0.4) is 0 Å². The van der Waals surface area contributed by atoms with Gasteiger partial charge in [0.05, 0.1) is 17.7 Å². The molecule has 1 aromatic carbocycles. The number of benzene rings is 1. The summed E-state index contributed by atoms with van der Waals surface area (Å²) in [6.45, 7) is 0. The van der Waals surface area contributed by atoms with E-state index >= 15 is 0 Å². The molecule has 17 heavy (non-hydrogen) atoms. The molecule has 0 aliphatic heterocycles. The maximum atomic E-state index is 9.53. The van der Waals surface area contributed by atoms with Gasteiger partial charge in [0.25, 0.3) is 0 Å². The summed E-state index contributed by atoms with van der Waals surface area (Å²) in [5.74, 6) is 0.0594. The van der Waals surface area contributed by atoms with E-state index in [1.807, 2.05) is 6.07 Å². The number of phenolic OH excluding ortho intramolecular Hbond substituents is 1. The number of hydrogen-bond acceptors (Lipinski definition) is 4. The molecule has 0 spiro atoms. The van der Waals surface area contributed by atoms with Crippen LogP contribution in [0.2, 0.25) is 5.02 Å². The van der Waals surface area contributed by atoms with Crippen molar-refractivity contribution in [3.8, 4) is 17.6 Å². The molecule has 0 atom stereocenters. The molecule has 0 saturated heterocycles. The summed E-state index contributed by atoms with van der Waals surface area (Å²) in [6, 6.07) is 4.88. The third kappa shape index (κ3) is 3.09. The number of thiocarbonyl (C=S) groups is 1. The summed E-state index contributed by atoms with van der Waals surface area (Å²) < 4.78 is 4.93. The minimum atomic E-state index is -0.153. The second-order valence-corrected chi connectivity index (χ2v) is 3.93. The van der Waals surface area contributed by atoms with E-state index in [0.29, 0.717) is 5.56 Å². The molecule has 0 radical (unpaired) electrons. The minimum absolute atomic E-state index is 0.00401. The summed E-state index contributed by atoms with van der Waals surface area (Å²) in [5, 5.41) is 18.5. The van der Waals surface area contributed by atoms with Crippen molar-refractivity contribution in [3.63, 3.8) is 0 Å². The number of ether oxygens (including phenoxy) is 1. The molecule has 0 bridgehead atoms. The van der Waals surface area contributed by atoms with Crippen molar-refractivity contribution >= 4 is 34.9 Å². The Balaban J connectivity index is 3.30. The van der Waals surface area contributed by atoms with Gasteiger partial charge in [0.1, 0.15) is 11.1 Å². The number of phenols is 1. The van der Waals surface area contributed by atoms with Gasteiger partial charge >= 0.3 is 0 Å². The Morgan fingerprint density at radius 3 is 2.76 bits per heavy atom. The average molecular weight is 269 g/mol. The minimum Gasteiger partial charge on any atom is -0.503 e. The highest BCUT2D eigenvalue weighted by molar-refractivity contribution is 7.80. The van der Waals surface area contributed by atoms with Crippen LogP contribution in [-0.2, 0) is 0 Å². The van der Waals surface area contributed by atoms with Gasteiger partial charge in [-0.05, 0) is 23.8 Å². The summed E-state index contributed by atoms with van der Waals surface area (Å²) in [4.78, 5) is -0.00401. The van der Waals surface area contributed by atoms with E-state index in [0.717, 1.165) is 0 Å². The number of methoxy groups -OCH3 is 1. The van der Waals surface area contributed by atoms with E-state index in [1.165, 1.54) is 25.3 Å². The number of nitrogens with two attached hydrogens (primary N) is 1. The van der Waals surface area contributed by atoms with Crippen molar-refractivity contribution in [1.82, 2.24) is 0 Å². The van der Waals surface area contributed by atoms with Crippen molar-refractivity contribution in [2.24, 2.45) is 5.73 Å². The first-order chi connectivity index (χ1) is 7.99. The largest absolute Gasteiger partial charge is 0.503 e. The SMILES string of the molecule is COc1cc(C=C(C#N)C(N)=S)cc(Cl)c1O. The van der Waals surface area contributed by atoms with E-state index in [1.54, 1.807) is 0 Å². The number of hydrogen-bond donors (Lipinski definition) is 2. The van der Waals surface area contributed by atoms with Gasteiger partial charge in [-0.3, -0.25) is 0 Å². The Kier molecular flexibility index (Phi) is 4.32. The van der Waals surface area contributed by atoms with Gasteiger partial charge in [-0.2, -0.15) is 5.26 Å². The van der Waals surface area contributed by atoms with Crippen LogP contribution in [0.5, 0.6) is 11.5 Å². The van der Waals surface area contributed by atoms with Crippen LogP contribution < -0.4 is 10.5 Å². The van der Waals surface area contributed by atoms with Crippen molar-refractivity contribution in [1.29, 1.82) is 5.26 Å². The van der Waals surface area contributed by atoms with E-state index in [-0.39, 0.29) is 27.1 Å². The number of aromatic hydroxyl groups is 1. The first kappa shape index (κ1) is 13.3. The van der Waals surface area contributed by atoms with Crippen LogP contribution >= 0.6 is 23.8 Å².